The van der Waals surface area contributed by atoms with Gasteiger partial charge in [-0.25, -0.2) is 0 Å². The van der Waals surface area contributed by atoms with Crippen molar-refractivity contribution in [2.24, 2.45) is 5.73 Å². The molecule has 0 rings (SSSR count). The van der Waals surface area contributed by atoms with E-state index in [-0.39, 0.29) is 25.6 Å². The van der Waals surface area contributed by atoms with Crippen LogP contribution in [0.4, 0.5) is 0 Å². The normalized spacial score (nSPS) is 14.8. The van der Waals surface area contributed by atoms with Crippen LogP contribution < -0.4 is 5.73 Å². The molecule has 8 nitrogen and oxygen atoms in total. The summed E-state index contributed by atoms with van der Waals surface area (Å²) in [6.45, 7) is 3.70. The Labute approximate surface area is 111 Å². The molecule has 0 fully saturated rings. The third-order valence-electron chi connectivity index (χ3n) is 1.87. The molecule has 0 aliphatic heterocycles. The van der Waals surface area contributed by atoms with E-state index >= 15 is 0 Å². The Balaban J connectivity index is 0. The predicted molar refractivity (Wildman–Crippen MR) is 66.7 cm³/mol. The number of ether oxygens (including phenoxy) is 1. The molecule has 0 aromatic heterocycles. The second kappa shape index (κ2) is 11.8. The van der Waals surface area contributed by atoms with Gasteiger partial charge in [0.25, 0.3) is 0 Å². The number of aliphatic hydroxyl groups excluding tert-OH is 2. The lowest BCUT2D eigenvalue weighted by molar-refractivity contribution is -0.139. The van der Waals surface area contributed by atoms with Crippen molar-refractivity contribution in [3.8, 4) is 0 Å². The maximum atomic E-state index is 9.99. The first-order chi connectivity index (χ1) is 8.70. The minimum Gasteiger partial charge on any atom is -0.481 e. The maximum Gasteiger partial charge on any atom is 0.320 e. The van der Waals surface area contributed by atoms with Crippen LogP contribution in [0.15, 0.2) is 0 Å². The number of aliphatic carboxylic acids is 2. The molecule has 0 saturated heterocycles. The Kier molecular flexibility index (Phi) is 12.5. The zero-order valence-electron chi connectivity index (χ0n) is 11.2. The molecule has 3 atom stereocenters. The average Bonchev–Trinajstić information content (AvgIpc) is 2.33. The molecule has 0 heterocycles. The molecule has 0 amide bonds. The van der Waals surface area contributed by atoms with E-state index in [9.17, 15) is 9.59 Å². The number of nitrogens with two attached hydrogens (primary N) is 1. The maximum absolute atomic E-state index is 9.99. The van der Waals surface area contributed by atoms with Gasteiger partial charge in [-0.15, -0.1) is 0 Å². The Morgan fingerprint density at radius 1 is 1.26 bits per heavy atom. The lowest BCUT2D eigenvalue weighted by Crippen LogP contribution is -2.30. The van der Waals surface area contributed by atoms with Gasteiger partial charge >= 0.3 is 11.9 Å². The first-order valence-corrected chi connectivity index (χ1v) is 5.81. The monoisotopic (exact) mass is 281 g/mol. The van der Waals surface area contributed by atoms with Crippen molar-refractivity contribution in [2.75, 3.05) is 13.2 Å². The van der Waals surface area contributed by atoms with E-state index in [2.05, 4.69) is 0 Å². The molecule has 0 aliphatic rings. The summed E-state index contributed by atoms with van der Waals surface area (Å²) in [5.74, 6) is -2.20. The number of aliphatic hydroxyl groups is 2. The quantitative estimate of drug-likeness (QED) is 0.381. The SMILES string of the molecule is CC(O)COC(C)CO.N[C@@H](CCC(=O)O)C(=O)O. The molecule has 0 saturated carbocycles. The minimum atomic E-state index is -1.17. The van der Waals surface area contributed by atoms with Crippen molar-refractivity contribution in [3.63, 3.8) is 0 Å². The van der Waals surface area contributed by atoms with Crippen LogP contribution in [-0.2, 0) is 14.3 Å². The molecule has 0 radical (unpaired) electrons. The molecule has 6 N–H and O–H groups in total. The molecule has 8 heteroatoms. The second-order valence-corrected chi connectivity index (χ2v) is 4.05. The van der Waals surface area contributed by atoms with E-state index in [0.717, 1.165) is 0 Å². The smallest absolute Gasteiger partial charge is 0.320 e. The third-order valence-corrected chi connectivity index (χ3v) is 1.87. The van der Waals surface area contributed by atoms with Crippen molar-refractivity contribution in [2.45, 2.75) is 44.9 Å². The highest BCUT2D eigenvalue weighted by Crippen LogP contribution is 1.93. The zero-order chi connectivity index (χ0) is 15.4. The molecular weight excluding hydrogens is 258 g/mol. The Bertz CT molecular complexity index is 257. The van der Waals surface area contributed by atoms with Crippen LogP contribution >= 0.6 is 0 Å². The standard InChI is InChI=1S/C6H14O3.C5H9NO4/c1-5(8)4-9-6(2)3-7;6-3(5(9)10)1-2-4(7)8/h5-8H,3-4H2,1-2H3;3H,1-2,6H2,(H,7,8)(H,9,10)/t;3-/m.0/s1. The second-order valence-electron chi connectivity index (χ2n) is 4.05. The molecule has 19 heavy (non-hydrogen) atoms. The highest BCUT2D eigenvalue weighted by Gasteiger charge is 2.12. The zero-order valence-corrected chi connectivity index (χ0v) is 11.2. The lowest BCUT2D eigenvalue weighted by atomic mass is 10.2. The summed E-state index contributed by atoms with van der Waals surface area (Å²) in [5, 5.41) is 33.4. The summed E-state index contributed by atoms with van der Waals surface area (Å²) in [5.41, 5.74) is 5.00. The van der Waals surface area contributed by atoms with Gasteiger partial charge in [0.15, 0.2) is 0 Å². The lowest BCUT2D eigenvalue weighted by Gasteiger charge is -2.10. The fourth-order valence-corrected chi connectivity index (χ4v) is 0.759. The van der Waals surface area contributed by atoms with Crippen molar-refractivity contribution >= 4 is 11.9 Å². The van der Waals surface area contributed by atoms with Crippen LogP contribution in [0.1, 0.15) is 26.7 Å². The molecule has 0 bridgehead atoms. The highest BCUT2D eigenvalue weighted by atomic mass is 16.5. The van der Waals surface area contributed by atoms with Crippen LogP contribution in [0, 0.1) is 0 Å². The molecular formula is C11H23NO7. The van der Waals surface area contributed by atoms with Gasteiger partial charge < -0.3 is 30.9 Å². The Morgan fingerprint density at radius 3 is 2.11 bits per heavy atom. The summed E-state index contributed by atoms with van der Waals surface area (Å²) in [4.78, 5) is 19.9. The fraction of sp³-hybridized carbons (Fsp3) is 0.818. The van der Waals surface area contributed by atoms with Gasteiger partial charge in [-0.3, -0.25) is 9.59 Å². The molecule has 2 unspecified atom stereocenters. The topological polar surface area (TPSA) is 150 Å². The molecule has 0 aliphatic carbocycles. The average molecular weight is 281 g/mol. The van der Waals surface area contributed by atoms with Gasteiger partial charge in [-0.1, -0.05) is 0 Å². The van der Waals surface area contributed by atoms with E-state index in [1.54, 1.807) is 13.8 Å². The highest BCUT2D eigenvalue weighted by molar-refractivity contribution is 5.74. The largest absolute Gasteiger partial charge is 0.481 e. The van der Waals surface area contributed by atoms with E-state index in [1.807, 2.05) is 0 Å². The van der Waals surface area contributed by atoms with Crippen LogP contribution in [0.3, 0.4) is 0 Å². The van der Waals surface area contributed by atoms with E-state index < -0.39 is 24.1 Å². The number of carboxylic acids is 2. The molecule has 0 aromatic rings. The molecule has 0 aromatic carbocycles. The van der Waals surface area contributed by atoms with Crippen LogP contribution in [0.2, 0.25) is 0 Å². The summed E-state index contributed by atoms with van der Waals surface area (Å²) in [6.07, 6.45) is -0.836. The van der Waals surface area contributed by atoms with Crippen molar-refractivity contribution in [3.05, 3.63) is 0 Å². The van der Waals surface area contributed by atoms with Gasteiger partial charge in [0.1, 0.15) is 6.04 Å². The van der Waals surface area contributed by atoms with Gasteiger partial charge in [-0.2, -0.15) is 0 Å². The van der Waals surface area contributed by atoms with Crippen LogP contribution in [-0.4, -0.2) is 63.8 Å². The minimum absolute atomic E-state index is 0.00667. The molecule has 0 spiro atoms. The molecule has 114 valence electrons. The number of carbonyl (C=O) groups is 2. The number of hydrogen-bond donors (Lipinski definition) is 5. The van der Waals surface area contributed by atoms with Crippen LogP contribution in [0.25, 0.3) is 0 Å². The van der Waals surface area contributed by atoms with E-state index in [1.165, 1.54) is 0 Å². The Morgan fingerprint density at radius 2 is 1.79 bits per heavy atom. The Hall–Kier alpha value is -1.22. The van der Waals surface area contributed by atoms with Crippen molar-refractivity contribution in [1.29, 1.82) is 0 Å². The summed E-state index contributed by atoms with van der Waals surface area (Å²) >= 11 is 0. The number of carboxylic acid groups (broad SMARTS) is 2. The van der Waals surface area contributed by atoms with E-state index in [0.29, 0.717) is 6.61 Å². The number of hydrogen-bond acceptors (Lipinski definition) is 6. The van der Waals surface area contributed by atoms with Gasteiger partial charge in [0, 0.05) is 6.42 Å². The third kappa shape index (κ3) is 16.8. The fourth-order valence-electron chi connectivity index (χ4n) is 0.759. The van der Waals surface area contributed by atoms with Crippen molar-refractivity contribution < 1.29 is 34.8 Å². The van der Waals surface area contributed by atoms with E-state index in [4.69, 9.17) is 30.9 Å². The van der Waals surface area contributed by atoms with Gasteiger partial charge in [0.2, 0.25) is 0 Å². The van der Waals surface area contributed by atoms with Crippen molar-refractivity contribution in [1.82, 2.24) is 0 Å². The number of rotatable bonds is 8. The van der Waals surface area contributed by atoms with Gasteiger partial charge in [0.05, 0.1) is 25.4 Å². The first-order valence-electron chi connectivity index (χ1n) is 5.81. The summed E-state index contributed by atoms with van der Waals surface area (Å²) in [6, 6.07) is -1.06. The first kappa shape index (κ1) is 20.1. The summed E-state index contributed by atoms with van der Waals surface area (Å²) in [7, 11) is 0. The van der Waals surface area contributed by atoms with Crippen LogP contribution in [0.5, 0.6) is 0 Å². The predicted octanol–water partition coefficient (Wildman–Crippen LogP) is -0.972. The summed E-state index contributed by atoms with van der Waals surface area (Å²) < 4.78 is 4.95. The van der Waals surface area contributed by atoms with Gasteiger partial charge in [-0.05, 0) is 20.3 Å².